The SMILES string of the molecule is Clc1ccc(NN=C(c2ccccc2)c2ccccn2)nn1. The number of hydrogen-bond acceptors (Lipinski definition) is 5. The molecule has 0 saturated heterocycles. The summed E-state index contributed by atoms with van der Waals surface area (Å²) in [7, 11) is 0. The Morgan fingerprint density at radius 3 is 2.41 bits per heavy atom. The fraction of sp³-hybridized carbons (Fsp3) is 0. The third-order valence-electron chi connectivity index (χ3n) is 2.87. The first-order valence-corrected chi connectivity index (χ1v) is 7.00. The molecule has 3 rings (SSSR count). The minimum absolute atomic E-state index is 0.336. The van der Waals surface area contributed by atoms with Crippen LogP contribution in [0.1, 0.15) is 11.3 Å². The van der Waals surface area contributed by atoms with Gasteiger partial charge in [0.25, 0.3) is 0 Å². The fourth-order valence-corrected chi connectivity index (χ4v) is 1.96. The van der Waals surface area contributed by atoms with Crippen LogP contribution >= 0.6 is 11.6 Å². The summed E-state index contributed by atoms with van der Waals surface area (Å²) in [6, 6.07) is 18.9. The normalized spacial score (nSPS) is 11.2. The predicted molar refractivity (Wildman–Crippen MR) is 87.0 cm³/mol. The van der Waals surface area contributed by atoms with Crippen LogP contribution < -0.4 is 5.43 Å². The zero-order valence-corrected chi connectivity index (χ0v) is 12.3. The summed E-state index contributed by atoms with van der Waals surface area (Å²) in [4.78, 5) is 4.35. The average Bonchev–Trinajstić information content (AvgIpc) is 2.59. The minimum atomic E-state index is 0.336. The number of hydrazone groups is 1. The zero-order valence-electron chi connectivity index (χ0n) is 11.5. The van der Waals surface area contributed by atoms with Crippen LogP contribution in [0.25, 0.3) is 0 Å². The number of rotatable bonds is 4. The summed E-state index contributed by atoms with van der Waals surface area (Å²) >= 11 is 5.72. The number of hydrogen-bond donors (Lipinski definition) is 1. The molecule has 0 aliphatic heterocycles. The summed E-state index contributed by atoms with van der Waals surface area (Å²) in [5, 5.41) is 12.4. The van der Waals surface area contributed by atoms with E-state index in [-0.39, 0.29) is 0 Å². The number of nitrogens with zero attached hydrogens (tertiary/aromatic N) is 4. The van der Waals surface area contributed by atoms with Crippen LogP contribution in [-0.2, 0) is 0 Å². The summed E-state index contributed by atoms with van der Waals surface area (Å²) in [6.45, 7) is 0. The molecule has 0 fully saturated rings. The Bertz CT molecular complexity index is 716. The van der Waals surface area contributed by atoms with Gasteiger partial charge in [0.15, 0.2) is 11.0 Å². The molecule has 0 bridgehead atoms. The molecule has 0 radical (unpaired) electrons. The van der Waals surface area contributed by atoms with Gasteiger partial charge in [-0.2, -0.15) is 5.10 Å². The third kappa shape index (κ3) is 3.45. The first-order chi connectivity index (χ1) is 10.8. The lowest BCUT2D eigenvalue weighted by Crippen LogP contribution is -2.09. The van der Waals surface area contributed by atoms with Gasteiger partial charge in [-0.05, 0) is 24.3 Å². The van der Waals surface area contributed by atoms with Crippen LogP contribution in [0.4, 0.5) is 5.82 Å². The van der Waals surface area contributed by atoms with E-state index in [1.54, 1.807) is 18.3 Å². The van der Waals surface area contributed by atoms with E-state index in [9.17, 15) is 0 Å². The number of benzene rings is 1. The molecule has 2 aromatic heterocycles. The Balaban J connectivity index is 1.95. The molecule has 0 saturated carbocycles. The zero-order chi connectivity index (χ0) is 15.2. The summed E-state index contributed by atoms with van der Waals surface area (Å²) in [5.41, 5.74) is 5.33. The van der Waals surface area contributed by atoms with Gasteiger partial charge in [0, 0.05) is 11.8 Å². The van der Waals surface area contributed by atoms with Crippen molar-refractivity contribution in [2.75, 3.05) is 5.43 Å². The largest absolute Gasteiger partial charge is 0.259 e. The molecule has 0 unspecified atom stereocenters. The molecule has 2 heterocycles. The van der Waals surface area contributed by atoms with Crippen molar-refractivity contribution in [2.45, 2.75) is 0 Å². The van der Waals surface area contributed by atoms with Gasteiger partial charge in [-0.1, -0.05) is 48.0 Å². The van der Waals surface area contributed by atoms with Crippen molar-refractivity contribution in [2.24, 2.45) is 5.10 Å². The maximum atomic E-state index is 5.72. The highest BCUT2D eigenvalue weighted by Crippen LogP contribution is 2.11. The smallest absolute Gasteiger partial charge is 0.168 e. The van der Waals surface area contributed by atoms with Gasteiger partial charge in [-0.15, -0.1) is 10.2 Å². The average molecular weight is 310 g/mol. The molecule has 108 valence electrons. The number of halogens is 1. The second kappa shape index (κ2) is 6.78. The Kier molecular flexibility index (Phi) is 4.36. The molecule has 22 heavy (non-hydrogen) atoms. The molecule has 1 aromatic carbocycles. The van der Waals surface area contributed by atoms with Crippen molar-refractivity contribution >= 4 is 23.1 Å². The summed E-state index contributed by atoms with van der Waals surface area (Å²) < 4.78 is 0. The lowest BCUT2D eigenvalue weighted by molar-refractivity contribution is 1.02. The van der Waals surface area contributed by atoms with E-state index in [2.05, 4.69) is 25.7 Å². The Morgan fingerprint density at radius 1 is 0.909 bits per heavy atom. The lowest BCUT2D eigenvalue weighted by atomic mass is 10.1. The van der Waals surface area contributed by atoms with Crippen LogP contribution in [0, 0.1) is 0 Å². The van der Waals surface area contributed by atoms with E-state index in [0.717, 1.165) is 17.0 Å². The van der Waals surface area contributed by atoms with Crippen LogP contribution in [0.5, 0.6) is 0 Å². The maximum Gasteiger partial charge on any atom is 0.168 e. The molecule has 0 atom stereocenters. The topological polar surface area (TPSA) is 63.1 Å². The molecule has 6 heteroatoms. The molecule has 1 N–H and O–H groups in total. The van der Waals surface area contributed by atoms with Crippen molar-refractivity contribution in [3.05, 3.63) is 83.3 Å². The van der Waals surface area contributed by atoms with E-state index in [0.29, 0.717) is 11.0 Å². The van der Waals surface area contributed by atoms with Gasteiger partial charge >= 0.3 is 0 Å². The van der Waals surface area contributed by atoms with Crippen molar-refractivity contribution in [3.63, 3.8) is 0 Å². The Labute approximate surface area is 132 Å². The Hall–Kier alpha value is -2.79. The van der Waals surface area contributed by atoms with Gasteiger partial charge in [0.05, 0.1) is 5.69 Å². The summed E-state index contributed by atoms with van der Waals surface area (Å²) in [6.07, 6.45) is 1.73. The monoisotopic (exact) mass is 309 g/mol. The molecule has 0 aliphatic carbocycles. The molecule has 0 spiro atoms. The quantitative estimate of drug-likeness (QED) is 0.592. The molecule has 3 aromatic rings. The van der Waals surface area contributed by atoms with Gasteiger partial charge in [-0.3, -0.25) is 10.4 Å². The molecule has 0 amide bonds. The Morgan fingerprint density at radius 2 is 1.73 bits per heavy atom. The van der Waals surface area contributed by atoms with E-state index in [1.807, 2.05) is 48.5 Å². The predicted octanol–water partition coefficient (Wildman–Crippen LogP) is 3.39. The first kappa shape index (κ1) is 14.2. The second-order valence-corrected chi connectivity index (χ2v) is 4.78. The van der Waals surface area contributed by atoms with E-state index in [1.165, 1.54) is 0 Å². The highest BCUT2D eigenvalue weighted by molar-refractivity contribution is 6.29. The van der Waals surface area contributed by atoms with Gasteiger partial charge in [-0.25, -0.2) is 0 Å². The number of pyridine rings is 1. The third-order valence-corrected chi connectivity index (χ3v) is 3.07. The van der Waals surface area contributed by atoms with Crippen molar-refractivity contribution in [1.82, 2.24) is 15.2 Å². The summed E-state index contributed by atoms with van der Waals surface area (Å²) in [5.74, 6) is 0.508. The second-order valence-electron chi connectivity index (χ2n) is 4.39. The van der Waals surface area contributed by atoms with E-state index in [4.69, 9.17) is 11.6 Å². The van der Waals surface area contributed by atoms with Crippen molar-refractivity contribution in [1.29, 1.82) is 0 Å². The van der Waals surface area contributed by atoms with Crippen LogP contribution in [0.15, 0.2) is 72.0 Å². The highest BCUT2D eigenvalue weighted by Gasteiger charge is 2.08. The minimum Gasteiger partial charge on any atom is -0.259 e. The van der Waals surface area contributed by atoms with Crippen molar-refractivity contribution < 1.29 is 0 Å². The van der Waals surface area contributed by atoms with Crippen LogP contribution in [0.3, 0.4) is 0 Å². The number of anilines is 1. The van der Waals surface area contributed by atoms with Gasteiger partial charge in [0.2, 0.25) is 0 Å². The molecular weight excluding hydrogens is 298 g/mol. The maximum absolute atomic E-state index is 5.72. The lowest BCUT2D eigenvalue weighted by Gasteiger charge is -2.07. The molecule has 0 aliphatic rings. The van der Waals surface area contributed by atoms with E-state index >= 15 is 0 Å². The van der Waals surface area contributed by atoms with Crippen LogP contribution in [-0.4, -0.2) is 20.9 Å². The molecular formula is C16H12ClN5. The standard InChI is InChI=1S/C16H12ClN5/c17-14-9-10-15(20-19-14)21-22-16(12-6-2-1-3-7-12)13-8-4-5-11-18-13/h1-11H,(H,20,21). The van der Waals surface area contributed by atoms with Gasteiger partial charge in [0.1, 0.15) is 5.71 Å². The number of nitrogens with one attached hydrogen (secondary N) is 1. The van der Waals surface area contributed by atoms with Crippen LogP contribution in [0.2, 0.25) is 5.15 Å². The van der Waals surface area contributed by atoms with Gasteiger partial charge < -0.3 is 0 Å². The first-order valence-electron chi connectivity index (χ1n) is 6.63. The van der Waals surface area contributed by atoms with E-state index < -0.39 is 0 Å². The highest BCUT2D eigenvalue weighted by atomic mass is 35.5. The fourth-order valence-electron chi connectivity index (χ4n) is 1.86. The molecule has 5 nitrogen and oxygen atoms in total. The number of aromatic nitrogens is 3. The van der Waals surface area contributed by atoms with Crippen molar-refractivity contribution in [3.8, 4) is 0 Å².